The van der Waals surface area contributed by atoms with Gasteiger partial charge in [0.15, 0.2) is 11.8 Å². The second kappa shape index (κ2) is 9.62. The second-order valence-electron chi connectivity index (χ2n) is 7.70. The van der Waals surface area contributed by atoms with E-state index in [4.69, 9.17) is 14.0 Å². The fourth-order valence-electron chi connectivity index (χ4n) is 3.35. The summed E-state index contributed by atoms with van der Waals surface area (Å²) in [5.74, 6) is 0.159. The maximum atomic E-state index is 12.7. The molecule has 0 saturated heterocycles. The van der Waals surface area contributed by atoms with Crippen molar-refractivity contribution >= 4 is 23.2 Å². The molecule has 0 radical (unpaired) electrons. The van der Waals surface area contributed by atoms with E-state index in [1.54, 1.807) is 57.2 Å². The van der Waals surface area contributed by atoms with Crippen LogP contribution in [-0.4, -0.2) is 27.5 Å². The molecule has 9 nitrogen and oxygen atoms in total. The molecule has 1 N–H and O–H groups in total. The number of hydrogen-bond donors (Lipinski definition) is 1. The summed E-state index contributed by atoms with van der Waals surface area (Å²) in [5.41, 5.74) is 1.52. The zero-order valence-electron chi connectivity index (χ0n) is 18.9. The molecule has 4 aromatic rings. The third kappa shape index (κ3) is 4.98. The number of anilines is 1. The largest absolute Gasteiger partial charge is 0.481 e. The number of rotatable bonds is 7. The van der Waals surface area contributed by atoms with Crippen LogP contribution in [0.2, 0.25) is 0 Å². The van der Waals surface area contributed by atoms with Crippen molar-refractivity contribution in [2.45, 2.75) is 33.5 Å². The topological polar surface area (TPSA) is 112 Å². The lowest BCUT2D eigenvalue weighted by atomic mass is 10.1. The normalized spacial score (nSPS) is 11.7. The summed E-state index contributed by atoms with van der Waals surface area (Å²) in [6, 6.07) is 16.8. The first-order valence-electron chi connectivity index (χ1n) is 10.6. The number of aromatic nitrogens is 2. The van der Waals surface area contributed by atoms with E-state index in [9.17, 15) is 14.4 Å². The van der Waals surface area contributed by atoms with E-state index in [1.807, 2.05) is 18.2 Å². The summed E-state index contributed by atoms with van der Waals surface area (Å²) < 4.78 is 17.3. The van der Waals surface area contributed by atoms with Crippen LogP contribution in [0.4, 0.5) is 5.69 Å². The molecule has 2 heterocycles. The molecular formula is C25H23N3O6. The first-order chi connectivity index (χ1) is 16.3. The summed E-state index contributed by atoms with van der Waals surface area (Å²) in [5, 5.41) is 2.79. The summed E-state index contributed by atoms with van der Waals surface area (Å²) in [6.45, 7) is 4.87. The average molecular weight is 461 g/mol. The standard InChI is InChI=1S/C25H23N3O6/c1-15-12-22-26-18(13-23(29)28(22)34-15)14-32-25(31)20-10-7-11-21(16(20)2)27-24(30)17(3)33-19-8-5-4-6-9-19/h4-13,17H,14H2,1-3H3,(H,27,30)/t17-/m0/s1. The molecular weight excluding hydrogens is 438 g/mol. The van der Waals surface area contributed by atoms with Gasteiger partial charge in [-0.05, 0) is 50.6 Å². The number of para-hydroxylation sites is 1. The molecule has 2 aromatic heterocycles. The number of amides is 1. The molecule has 34 heavy (non-hydrogen) atoms. The second-order valence-corrected chi connectivity index (χ2v) is 7.70. The monoisotopic (exact) mass is 461 g/mol. The van der Waals surface area contributed by atoms with Gasteiger partial charge in [0.1, 0.15) is 18.1 Å². The fourth-order valence-corrected chi connectivity index (χ4v) is 3.35. The highest BCUT2D eigenvalue weighted by Gasteiger charge is 2.19. The molecule has 174 valence electrons. The number of benzene rings is 2. The number of carbonyl (C=O) groups excluding carboxylic acids is 2. The van der Waals surface area contributed by atoms with Gasteiger partial charge in [0.2, 0.25) is 0 Å². The first-order valence-corrected chi connectivity index (χ1v) is 10.6. The van der Waals surface area contributed by atoms with Crippen LogP contribution < -0.4 is 15.6 Å². The van der Waals surface area contributed by atoms with Gasteiger partial charge in [-0.25, -0.2) is 9.78 Å². The summed E-state index contributed by atoms with van der Waals surface area (Å²) >= 11 is 0. The average Bonchev–Trinajstić information content (AvgIpc) is 3.20. The Morgan fingerprint density at radius 1 is 1.09 bits per heavy atom. The van der Waals surface area contributed by atoms with Crippen molar-refractivity contribution in [3.63, 3.8) is 0 Å². The molecule has 9 heteroatoms. The van der Waals surface area contributed by atoms with Crippen LogP contribution in [0.5, 0.6) is 5.75 Å². The van der Waals surface area contributed by atoms with Gasteiger partial charge in [-0.2, -0.15) is 0 Å². The van der Waals surface area contributed by atoms with Crippen molar-refractivity contribution in [1.29, 1.82) is 0 Å². The highest BCUT2D eigenvalue weighted by molar-refractivity contribution is 5.98. The van der Waals surface area contributed by atoms with Crippen molar-refractivity contribution in [1.82, 2.24) is 9.56 Å². The molecule has 1 amide bonds. The van der Waals surface area contributed by atoms with Crippen molar-refractivity contribution in [3.8, 4) is 5.75 Å². The van der Waals surface area contributed by atoms with Gasteiger partial charge < -0.3 is 19.3 Å². The Kier molecular flexibility index (Phi) is 6.44. The SMILES string of the molecule is Cc1cc2nc(COC(=O)c3cccc(NC(=O)[C@H](C)Oc4ccccc4)c3C)cc(=O)n2o1. The molecule has 4 rings (SSSR count). The molecule has 0 aliphatic heterocycles. The molecule has 2 aromatic carbocycles. The summed E-state index contributed by atoms with van der Waals surface area (Å²) in [6.07, 6.45) is -0.746. The minimum Gasteiger partial charge on any atom is -0.481 e. The van der Waals surface area contributed by atoms with E-state index in [0.29, 0.717) is 34.1 Å². The lowest BCUT2D eigenvalue weighted by molar-refractivity contribution is -0.122. The molecule has 1 atom stereocenters. The highest BCUT2D eigenvalue weighted by Crippen LogP contribution is 2.21. The number of hydrogen-bond acceptors (Lipinski definition) is 7. The third-order valence-electron chi connectivity index (χ3n) is 5.11. The maximum absolute atomic E-state index is 12.7. The lowest BCUT2D eigenvalue weighted by Gasteiger charge is -2.16. The van der Waals surface area contributed by atoms with Gasteiger partial charge in [0, 0.05) is 17.8 Å². The third-order valence-corrected chi connectivity index (χ3v) is 5.11. The van der Waals surface area contributed by atoms with Gasteiger partial charge in [0.25, 0.3) is 11.5 Å². The predicted molar refractivity (Wildman–Crippen MR) is 124 cm³/mol. The fraction of sp³-hybridized carbons (Fsp3) is 0.200. The molecule has 0 saturated carbocycles. The Morgan fingerprint density at radius 3 is 2.62 bits per heavy atom. The summed E-state index contributed by atoms with van der Waals surface area (Å²) in [4.78, 5) is 41.7. The molecule has 0 bridgehead atoms. The molecule has 0 unspecified atom stereocenters. The number of esters is 1. The number of carbonyl (C=O) groups is 2. The van der Waals surface area contributed by atoms with Crippen molar-refractivity contribution in [2.75, 3.05) is 5.32 Å². The van der Waals surface area contributed by atoms with E-state index in [1.165, 1.54) is 6.07 Å². The molecule has 0 aliphatic carbocycles. The van der Waals surface area contributed by atoms with Gasteiger partial charge in [-0.3, -0.25) is 9.59 Å². The van der Waals surface area contributed by atoms with E-state index in [0.717, 1.165) is 4.57 Å². The Morgan fingerprint density at radius 2 is 1.85 bits per heavy atom. The van der Waals surface area contributed by atoms with Crippen molar-refractivity contribution in [3.05, 3.63) is 93.6 Å². The Labute approximate surface area is 194 Å². The zero-order valence-corrected chi connectivity index (χ0v) is 18.9. The Hall–Kier alpha value is -4.40. The van der Waals surface area contributed by atoms with Crippen LogP contribution in [-0.2, 0) is 16.1 Å². The minimum absolute atomic E-state index is 0.188. The molecule has 0 spiro atoms. The van der Waals surface area contributed by atoms with E-state index in [-0.39, 0.29) is 18.1 Å². The van der Waals surface area contributed by atoms with Crippen LogP contribution in [0, 0.1) is 13.8 Å². The van der Waals surface area contributed by atoms with Crippen molar-refractivity contribution in [2.24, 2.45) is 0 Å². The molecule has 0 aliphatic rings. The van der Waals surface area contributed by atoms with Gasteiger partial charge in [-0.1, -0.05) is 24.3 Å². The van der Waals surface area contributed by atoms with Crippen LogP contribution >= 0.6 is 0 Å². The van der Waals surface area contributed by atoms with Crippen LogP contribution in [0.3, 0.4) is 0 Å². The zero-order chi connectivity index (χ0) is 24.2. The summed E-state index contributed by atoms with van der Waals surface area (Å²) in [7, 11) is 0. The number of fused-ring (bicyclic) bond motifs is 1. The van der Waals surface area contributed by atoms with Crippen molar-refractivity contribution < 1.29 is 23.6 Å². The highest BCUT2D eigenvalue weighted by atomic mass is 16.5. The Bertz CT molecular complexity index is 1410. The quantitative estimate of drug-likeness (QED) is 0.418. The lowest BCUT2D eigenvalue weighted by Crippen LogP contribution is -2.30. The number of ether oxygens (including phenoxy) is 2. The van der Waals surface area contributed by atoms with Crippen LogP contribution in [0.1, 0.15) is 34.3 Å². The number of nitrogens with zero attached hydrogens (tertiary/aromatic N) is 2. The van der Waals surface area contributed by atoms with E-state index in [2.05, 4.69) is 10.3 Å². The predicted octanol–water partition coefficient (Wildman–Crippen LogP) is 3.67. The maximum Gasteiger partial charge on any atom is 0.338 e. The van der Waals surface area contributed by atoms with Gasteiger partial charge in [-0.15, -0.1) is 4.57 Å². The molecule has 0 fully saturated rings. The number of nitrogens with one attached hydrogen (secondary N) is 1. The van der Waals surface area contributed by atoms with E-state index < -0.39 is 17.6 Å². The van der Waals surface area contributed by atoms with E-state index >= 15 is 0 Å². The smallest absolute Gasteiger partial charge is 0.338 e. The van der Waals surface area contributed by atoms with Crippen LogP contribution in [0.15, 0.2) is 70.0 Å². The minimum atomic E-state index is -0.746. The Balaban J connectivity index is 1.43. The number of aryl methyl sites for hydroxylation is 1. The first kappa shape index (κ1) is 22.8. The van der Waals surface area contributed by atoms with Gasteiger partial charge >= 0.3 is 5.97 Å². The van der Waals surface area contributed by atoms with Crippen LogP contribution in [0.25, 0.3) is 5.65 Å². The van der Waals surface area contributed by atoms with Gasteiger partial charge in [0.05, 0.1) is 11.3 Å².